The van der Waals surface area contributed by atoms with Gasteiger partial charge in [-0.2, -0.15) is 0 Å². The van der Waals surface area contributed by atoms with Gasteiger partial charge in [0.1, 0.15) is 12.7 Å². The lowest BCUT2D eigenvalue weighted by Crippen LogP contribution is -2.43. The number of aliphatic carboxylic acids is 1. The topological polar surface area (TPSA) is 169 Å². The number of hydrogen-bond acceptors (Lipinski definition) is 8. The second-order valence-electron chi connectivity index (χ2n) is 13.8. The molecule has 0 fully saturated rings. The number of carboxylic acid groups (broad SMARTS) is 1. The summed E-state index contributed by atoms with van der Waals surface area (Å²) < 4.78 is 26.8. The smallest absolute Gasteiger partial charge is 0.472 e. The molecular formula is C42H74NO10P. The molecule has 0 spiro atoms. The molecule has 0 aromatic carbocycles. The minimum absolute atomic E-state index is 0.133. The van der Waals surface area contributed by atoms with Gasteiger partial charge in [0.05, 0.1) is 13.2 Å². The Balaban J connectivity index is 3.97. The molecule has 54 heavy (non-hydrogen) atoms. The molecule has 0 heterocycles. The van der Waals surface area contributed by atoms with Crippen LogP contribution in [0.5, 0.6) is 0 Å². The number of rotatable bonds is 38. The molecule has 4 N–H and O–H groups in total. The van der Waals surface area contributed by atoms with Gasteiger partial charge in [0.25, 0.3) is 0 Å². The second kappa shape index (κ2) is 37.4. The quantitative estimate of drug-likeness (QED) is 0.0205. The maximum absolute atomic E-state index is 12.3. The van der Waals surface area contributed by atoms with Gasteiger partial charge in [0, 0.05) is 12.8 Å². The summed E-state index contributed by atoms with van der Waals surface area (Å²) >= 11 is 0. The standard InChI is InChI=1S/C42H74NO10P/c1-3-5-7-9-11-13-15-17-19-21-23-25-27-29-31-33-40(45)43-39(42(47)48)37-53-54(49,50)52-36-38(44)35-51-41(46)34-32-30-28-26-24-22-20-18-16-14-12-10-8-6-4-2/h6,8,12,14,17-20,38-39,44H,3-5,7,9-11,13,15-16,21-37H2,1-2H3,(H,43,45)(H,47,48)(H,49,50)/b8-6-,14-12-,19-17-,20-18-. The molecule has 1 amide bonds. The zero-order valence-electron chi connectivity index (χ0n) is 33.5. The first kappa shape index (κ1) is 51.4. The van der Waals surface area contributed by atoms with Crippen LogP contribution in [-0.2, 0) is 32.7 Å². The van der Waals surface area contributed by atoms with E-state index in [4.69, 9.17) is 13.8 Å². The molecule has 0 aliphatic rings. The van der Waals surface area contributed by atoms with Gasteiger partial charge in [-0.3, -0.25) is 18.6 Å². The van der Waals surface area contributed by atoms with Crippen LogP contribution in [0.15, 0.2) is 48.6 Å². The maximum atomic E-state index is 12.3. The van der Waals surface area contributed by atoms with E-state index in [2.05, 4.69) is 67.8 Å². The van der Waals surface area contributed by atoms with Crippen molar-refractivity contribution < 1.29 is 47.8 Å². The number of hydrogen-bond donors (Lipinski definition) is 4. The fourth-order valence-electron chi connectivity index (χ4n) is 5.38. The van der Waals surface area contributed by atoms with Gasteiger partial charge in [0.15, 0.2) is 6.04 Å². The number of nitrogens with one attached hydrogen (secondary N) is 1. The van der Waals surface area contributed by atoms with Gasteiger partial charge >= 0.3 is 19.8 Å². The van der Waals surface area contributed by atoms with Crippen molar-refractivity contribution in [2.24, 2.45) is 0 Å². The molecule has 0 aromatic rings. The van der Waals surface area contributed by atoms with Crippen LogP contribution in [0.4, 0.5) is 0 Å². The number of carbonyl (C=O) groups is 3. The third kappa shape index (κ3) is 36.4. The van der Waals surface area contributed by atoms with E-state index in [1.807, 2.05) is 0 Å². The van der Waals surface area contributed by atoms with Gasteiger partial charge in [-0.15, -0.1) is 0 Å². The summed E-state index contributed by atoms with van der Waals surface area (Å²) in [6, 6.07) is -1.55. The fraction of sp³-hybridized carbons (Fsp3) is 0.738. The highest BCUT2D eigenvalue weighted by molar-refractivity contribution is 7.47. The van der Waals surface area contributed by atoms with Crippen molar-refractivity contribution >= 4 is 25.7 Å². The van der Waals surface area contributed by atoms with E-state index < -0.39 is 57.6 Å². The Bertz CT molecular complexity index is 1110. The summed E-state index contributed by atoms with van der Waals surface area (Å²) in [5, 5.41) is 21.8. The van der Waals surface area contributed by atoms with Gasteiger partial charge < -0.3 is 25.2 Å². The minimum atomic E-state index is -4.76. The van der Waals surface area contributed by atoms with Crippen LogP contribution in [0.25, 0.3) is 0 Å². The molecule has 0 aliphatic carbocycles. The Labute approximate surface area is 326 Å². The molecule has 3 atom stereocenters. The number of aliphatic hydroxyl groups is 1. The van der Waals surface area contributed by atoms with E-state index in [-0.39, 0.29) is 12.8 Å². The fourth-order valence-corrected chi connectivity index (χ4v) is 6.15. The molecule has 3 unspecified atom stereocenters. The number of carbonyl (C=O) groups excluding carboxylic acids is 2. The van der Waals surface area contributed by atoms with Crippen LogP contribution in [0, 0.1) is 0 Å². The minimum Gasteiger partial charge on any atom is -0.480 e. The van der Waals surface area contributed by atoms with E-state index >= 15 is 0 Å². The molecule has 0 rings (SSSR count). The van der Waals surface area contributed by atoms with Crippen molar-refractivity contribution in [3.05, 3.63) is 48.6 Å². The number of esters is 1. The maximum Gasteiger partial charge on any atom is 0.472 e. The summed E-state index contributed by atoms with van der Waals surface area (Å²) in [4.78, 5) is 45.8. The number of carboxylic acids is 1. The van der Waals surface area contributed by atoms with E-state index in [9.17, 15) is 34.1 Å². The molecule has 0 aliphatic heterocycles. The summed E-state index contributed by atoms with van der Waals surface area (Å²) in [6.45, 7) is 2.44. The van der Waals surface area contributed by atoms with Crippen LogP contribution in [0.1, 0.15) is 168 Å². The monoisotopic (exact) mass is 784 g/mol. The summed E-state index contributed by atoms with van der Waals surface area (Å²) in [6.07, 6.45) is 39.9. The summed E-state index contributed by atoms with van der Waals surface area (Å²) in [5.74, 6) is -2.41. The highest BCUT2D eigenvalue weighted by Gasteiger charge is 2.28. The first-order valence-corrected chi connectivity index (χ1v) is 22.2. The Hall–Kier alpha value is -2.56. The van der Waals surface area contributed by atoms with Gasteiger partial charge in [-0.25, -0.2) is 9.36 Å². The number of aliphatic hydroxyl groups excluding tert-OH is 1. The molecular weight excluding hydrogens is 709 g/mol. The van der Waals surface area contributed by atoms with E-state index in [0.29, 0.717) is 12.8 Å². The van der Waals surface area contributed by atoms with Gasteiger partial charge in [-0.05, 0) is 70.6 Å². The zero-order valence-corrected chi connectivity index (χ0v) is 34.4. The average Bonchev–Trinajstić information content (AvgIpc) is 3.14. The van der Waals surface area contributed by atoms with Crippen LogP contribution >= 0.6 is 7.82 Å². The molecule has 0 aromatic heterocycles. The number of ether oxygens (including phenoxy) is 1. The van der Waals surface area contributed by atoms with Crippen LogP contribution in [-0.4, -0.2) is 64.9 Å². The predicted octanol–water partition coefficient (Wildman–Crippen LogP) is 10.2. The number of allylic oxidation sites excluding steroid dienone is 8. The van der Waals surface area contributed by atoms with Crippen molar-refractivity contribution in [1.82, 2.24) is 5.32 Å². The van der Waals surface area contributed by atoms with Gasteiger partial charge in [0.2, 0.25) is 5.91 Å². The van der Waals surface area contributed by atoms with Gasteiger partial charge in [-0.1, -0.05) is 133 Å². The van der Waals surface area contributed by atoms with Crippen LogP contribution < -0.4 is 5.32 Å². The predicted molar refractivity (Wildman–Crippen MR) is 217 cm³/mol. The highest BCUT2D eigenvalue weighted by atomic mass is 31.2. The summed E-state index contributed by atoms with van der Waals surface area (Å²) in [5.41, 5.74) is 0. The van der Waals surface area contributed by atoms with E-state index in [1.54, 1.807) is 0 Å². The van der Waals surface area contributed by atoms with Crippen LogP contribution in [0.3, 0.4) is 0 Å². The molecule has 0 radical (unpaired) electrons. The Morgan fingerprint density at radius 2 is 1.07 bits per heavy atom. The van der Waals surface area contributed by atoms with Crippen molar-refractivity contribution in [2.45, 2.75) is 180 Å². The van der Waals surface area contributed by atoms with Crippen molar-refractivity contribution in [3.8, 4) is 0 Å². The molecule has 0 bridgehead atoms. The van der Waals surface area contributed by atoms with Crippen molar-refractivity contribution in [2.75, 3.05) is 19.8 Å². The lowest BCUT2D eigenvalue weighted by Gasteiger charge is -2.18. The first-order valence-electron chi connectivity index (χ1n) is 20.7. The van der Waals surface area contributed by atoms with E-state index in [1.165, 1.54) is 38.5 Å². The Morgan fingerprint density at radius 3 is 1.63 bits per heavy atom. The summed E-state index contributed by atoms with van der Waals surface area (Å²) in [7, 11) is -4.76. The number of unbranched alkanes of at least 4 members (excludes halogenated alkanes) is 16. The Morgan fingerprint density at radius 1 is 0.611 bits per heavy atom. The number of phosphoric ester groups is 1. The number of phosphoric acid groups is 1. The molecule has 12 heteroatoms. The molecule has 312 valence electrons. The SMILES string of the molecule is CC/C=C\C/C=C\C/C=C\CCCCCCCC(=O)OCC(O)COP(=O)(O)OCC(NC(=O)CCCCCCC/C=C\CCCCCCCC)C(=O)O. The third-order valence-electron chi connectivity index (χ3n) is 8.60. The van der Waals surface area contributed by atoms with Crippen LogP contribution in [0.2, 0.25) is 0 Å². The van der Waals surface area contributed by atoms with E-state index in [0.717, 1.165) is 89.9 Å². The lowest BCUT2D eigenvalue weighted by atomic mass is 10.1. The Kier molecular flexibility index (Phi) is 35.6. The normalized spacial score (nSPS) is 14.3. The highest BCUT2D eigenvalue weighted by Crippen LogP contribution is 2.43. The zero-order chi connectivity index (χ0) is 40.0. The van der Waals surface area contributed by atoms with Crippen molar-refractivity contribution in [1.29, 1.82) is 0 Å². The molecule has 0 saturated carbocycles. The molecule has 11 nitrogen and oxygen atoms in total. The van der Waals surface area contributed by atoms with Crippen molar-refractivity contribution in [3.63, 3.8) is 0 Å². The average molecular weight is 784 g/mol. The first-order chi connectivity index (χ1) is 26.1. The number of amides is 1. The molecule has 0 saturated heterocycles. The largest absolute Gasteiger partial charge is 0.480 e. The third-order valence-corrected chi connectivity index (χ3v) is 9.55. The lowest BCUT2D eigenvalue weighted by molar-refractivity contribution is -0.147. The second-order valence-corrected chi connectivity index (χ2v) is 15.2.